The first-order chi connectivity index (χ1) is 9.80. The fourth-order valence-electron chi connectivity index (χ4n) is 2.79. The molecule has 21 heavy (non-hydrogen) atoms. The molecule has 1 aliphatic rings. The van der Waals surface area contributed by atoms with Crippen LogP contribution in [0.3, 0.4) is 0 Å². The van der Waals surface area contributed by atoms with E-state index in [0.29, 0.717) is 12.5 Å². The highest BCUT2D eigenvalue weighted by molar-refractivity contribution is 5.69. The van der Waals surface area contributed by atoms with Gasteiger partial charge >= 0.3 is 6.09 Å². The van der Waals surface area contributed by atoms with Crippen molar-refractivity contribution in [2.75, 3.05) is 6.54 Å². The molecule has 1 aromatic carbocycles. The van der Waals surface area contributed by atoms with Gasteiger partial charge in [0, 0.05) is 18.5 Å². The summed E-state index contributed by atoms with van der Waals surface area (Å²) < 4.78 is 5.47. The van der Waals surface area contributed by atoms with E-state index in [4.69, 9.17) is 4.74 Å². The van der Waals surface area contributed by atoms with Gasteiger partial charge in [0.25, 0.3) is 0 Å². The second-order valence-corrected chi connectivity index (χ2v) is 6.82. The molecule has 116 valence electrons. The number of aliphatic hydroxyl groups excluding tert-OH is 1. The second-order valence-electron chi connectivity index (χ2n) is 6.82. The minimum absolute atomic E-state index is 0.0475. The number of carbonyl (C=O) groups excluding carboxylic acids is 1. The Morgan fingerprint density at radius 2 is 2.14 bits per heavy atom. The highest BCUT2D eigenvalue weighted by Crippen LogP contribution is 2.32. The summed E-state index contributed by atoms with van der Waals surface area (Å²) in [5, 5.41) is 9.24. The molecule has 1 N–H and O–H groups in total. The van der Waals surface area contributed by atoms with E-state index < -0.39 is 5.60 Å². The number of ether oxygens (including phenoxy) is 1. The Labute approximate surface area is 126 Å². The molecule has 0 saturated carbocycles. The van der Waals surface area contributed by atoms with E-state index in [0.717, 1.165) is 12.0 Å². The van der Waals surface area contributed by atoms with Crippen molar-refractivity contribution in [2.24, 2.45) is 0 Å². The molecule has 0 radical (unpaired) electrons. The summed E-state index contributed by atoms with van der Waals surface area (Å²) in [6, 6.07) is 8.13. The molecule has 4 heteroatoms. The number of aliphatic hydroxyl groups is 1. The molecule has 0 aromatic heterocycles. The van der Waals surface area contributed by atoms with Crippen molar-refractivity contribution in [2.45, 2.75) is 58.3 Å². The Morgan fingerprint density at radius 1 is 1.43 bits per heavy atom. The molecule has 1 fully saturated rings. The fourth-order valence-corrected chi connectivity index (χ4v) is 2.79. The summed E-state index contributed by atoms with van der Waals surface area (Å²) in [6.45, 7) is 8.42. The molecule has 1 aromatic rings. The van der Waals surface area contributed by atoms with Gasteiger partial charge in [-0.3, -0.25) is 0 Å². The molecule has 2 rings (SSSR count). The number of amides is 1. The zero-order valence-electron chi connectivity index (χ0n) is 13.3. The van der Waals surface area contributed by atoms with Crippen LogP contribution in [-0.4, -0.2) is 34.3 Å². The van der Waals surface area contributed by atoms with Gasteiger partial charge in [-0.25, -0.2) is 4.79 Å². The Hall–Kier alpha value is -1.55. The minimum atomic E-state index is -0.467. The average molecular weight is 291 g/mol. The SMILES string of the molecule is CC1CC(c2cccc(CO)c2)CN1C(=O)OC(C)(C)C. The summed E-state index contributed by atoms with van der Waals surface area (Å²) in [7, 11) is 0. The molecule has 2 unspecified atom stereocenters. The number of likely N-dealkylation sites (tertiary alicyclic amines) is 1. The number of benzene rings is 1. The lowest BCUT2D eigenvalue weighted by Gasteiger charge is -2.27. The van der Waals surface area contributed by atoms with Crippen molar-refractivity contribution in [3.63, 3.8) is 0 Å². The lowest BCUT2D eigenvalue weighted by atomic mass is 9.95. The normalized spacial score (nSPS) is 22.4. The van der Waals surface area contributed by atoms with Crippen LogP contribution >= 0.6 is 0 Å². The molecule has 1 amide bonds. The van der Waals surface area contributed by atoms with Crippen LogP contribution in [-0.2, 0) is 11.3 Å². The van der Waals surface area contributed by atoms with Gasteiger partial charge in [-0.05, 0) is 45.2 Å². The van der Waals surface area contributed by atoms with E-state index in [1.165, 1.54) is 5.56 Å². The topological polar surface area (TPSA) is 49.8 Å². The van der Waals surface area contributed by atoms with Crippen molar-refractivity contribution in [1.29, 1.82) is 0 Å². The monoisotopic (exact) mass is 291 g/mol. The third-order valence-electron chi connectivity index (χ3n) is 3.81. The van der Waals surface area contributed by atoms with E-state index in [9.17, 15) is 9.90 Å². The minimum Gasteiger partial charge on any atom is -0.444 e. The van der Waals surface area contributed by atoms with Gasteiger partial charge in [0.1, 0.15) is 5.60 Å². The van der Waals surface area contributed by atoms with Crippen molar-refractivity contribution < 1.29 is 14.6 Å². The summed E-state index contributed by atoms with van der Waals surface area (Å²) in [5.41, 5.74) is 1.63. The quantitative estimate of drug-likeness (QED) is 0.909. The summed E-state index contributed by atoms with van der Waals surface area (Å²) in [6.07, 6.45) is 0.685. The first kappa shape index (κ1) is 15.8. The van der Waals surface area contributed by atoms with Gasteiger partial charge in [-0.2, -0.15) is 0 Å². The molecule has 0 bridgehead atoms. The van der Waals surface area contributed by atoms with Gasteiger partial charge in [0.05, 0.1) is 6.61 Å². The summed E-state index contributed by atoms with van der Waals surface area (Å²) in [4.78, 5) is 14.0. The van der Waals surface area contributed by atoms with Crippen LogP contribution in [0.15, 0.2) is 24.3 Å². The van der Waals surface area contributed by atoms with Crippen molar-refractivity contribution in [1.82, 2.24) is 4.90 Å². The average Bonchev–Trinajstić information content (AvgIpc) is 2.79. The Bertz CT molecular complexity index is 507. The van der Waals surface area contributed by atoms with Crippen molar-refractivity contribution >= 4 is 6.09 Å². The Morgan fingerprint density at radius 3 is 2.76 bits per heavy atom. The fraction of sp³-hybridized carbons (Fsp3) is 0.588. The number of hydrogen-bond donors (Lipinski definition) is 1. The second kappa shape index (κ2) is 6.06. The van der Waals surface area contributed by atoms with E-state index in [2.05, 4.69) is 13.0 Å². The third kappa shape index (κ3) is 3.97. The first-order valence-corrected chi connectivity index (χ1v) is 7.49. The molecular formula is C17H25NO3. The summed E-state index contributed by atoms with van der Waals surface area (Å²) in [5.74, 6) is 0.305. The standard InChI is InChI=1S/C17H25NO3/c1-12-8-15(14-7-5-6-13(9-14)11-19)10-18(12)16(20)21-17(2,3)4/h5-7,9,12,15,19H,8,10-11H2,1-4H3. The van der Waals surface area contributed by atoms with Gasteiger partial charge in [-0.15, -0.1) is 0 Å². The van der Waals surface area contributed by atoms with Gasteiger partial charge in [-0.1, -0.05) is 24.3 Å². The molecule has 4 nitrogen and oxygen atoms in total. The number of rotatable bonds is 2. The van der Waals surface area contributed by atoms with Crippen LogP contribution in [0.4, 0.5) is 4.79 Å². The molecule has 1 saturated heterocycles. The lowest BCUT2D eigenvalue weighted by Crippen LogP contribution is -2.38. The lowest BCUT2D eigenvalue weighted by molar-refractivity contribution is 0.0237. The molecule has 0 spiro atoms. The Kier molecular flexibility index (Phi) is 4.57. The van der Waals surface area contributed by atoms with Crippen molar-refractivity contribution in [3.8, 4) is 0 Å². The highest BCUT2D eigenvalue weighted by Gasteiger charge is 2.35. The smallest absolute Gasteiger partial charge is 0.410 e. The van der Waals surface area contributed by atoms with Crippen LogP contribution < -0.4 is 0 Å². The maximum Gasteiger partial charge on any atom is 0.410 e. The van der Waals surface area contributed by atoms with Crippen LogP contribution in [0, 0.1) is 0 Å². The molecule has 1 heterocycles. The van der Waals surface area contributed by atoms with Crippen LogP contribution in [0.1, 0.15) is 51.2 Å². The largest absolute Gasteiger partial charge is 0.444 e. The number of hydrogen-bond acceptors (Lipinski definition) is 3. The number of carbonyl (C=O) groups is 1. The van der Waals surface area contributed by atoms with Crippen LogP contribution in [0.5, 0.6) is 0 Å². The van der Waals surface area contributed by atoms with E-state index in [1.807, 2.05) is 43.9 Å². The van der Waals surface area contributed by atoms with Crippen molar-refractivity contribution in [3.05, 3.63) is 35.4 Å². The predicted octanol–water partition coefficient (Wildman–Crippen LogP) is 3.29. The van der Waals surface area contributed by atoms with Gasteiger partial charge < -0.3 is 14.7 Å². The third-order valence-corrected chi connectivity index (χ3v) is 3.81. The maximum atomic E-state index is 12.2. The van der Waals surface area contributed by atoms with E-state index >= 15 is 0 Å². The van der Waals surface area contributed by atoms with E-state index in [-0.39, 0.29) is 18.7 Å². The van der Waals surface area contributed by atoms with E-state index in [1.54, 1.807) is 0 Å². The van der Waals surface area contributed by atoms with Crippen LogP contribution in [0.2, 0.25) is 0 Å². The van der Waals surface area contributed by atoms with Gasteiger partial charge in [0.15, 0.2) is 0 Å². The zero-order valence-corrected chi connectivity index (χ0v) is 13.3. The van der Waals surface area contributed by atoms with Crippen LogP contribution in [0.25, 0.3) is 0 Å². The Balaban J connectivity index is 2.08. The van der Waals surface area contributed by atoms with Gasteiger partial charge in [0.2, 0.25) is 0 Å². The summed E-state index contributed by atoms with van der Waals surface area (Å²) >= 11 is 0. The highest BCUT2D eigenvalue weighted by atomic mass is 16.6. The maximum absolute atomic E-state index is 12.2. The number of nitrogens with zero attached hydrogens (tertiary/aromatic N) is 1. The first-order valence-electron chi connectivity index (χ1n) is 7.49. The zero-order chi connectivity index (χ0) is 15.6. The molecular weight excluding hydrogens is 266 g/mol. The molecule has 2 atom stereocenters. The molecule has 1 aliphatic heterocycles. The predicted molar refractivity (Wildman–Crippen MR) is 82.1 cm³/mol. The molecule has 0 aliphatic carbocycles.